The fraction of sp³-hybridized carbons (Fsp3) is 0.167. The van der Waals surface area contributed by atoms with E-state index in [9.17, 15) is 8.78 Å². The average Bonchev–Trinajstić information content (AvgIpc) is 2.84. The van der Waals surface area contributed by atoms with Crippen molar-refractivity contribution in [1.29, 1.82) is 0 Å². The molecular weight excluding hydrogens is 348 g/mol. The lowest BCUT2D eigenvalue weighted by Gasteiger charge is -2.13. The van der Waals surface area contributed by atoms with E-state index in [1.807, 2.05) is 0 Å². The Morgan fingerprint density at radius 1 is 1.16 bits per heavy atom. The zero-order chi connectivity index (χ0) is 18.1. The quantitative estimate of drug-likeness (QED) is 0.702. The molecule has 0 amide bonds. The minimum absolute atomic E-state index is 0.113. The first-order valence-corrected chi connectivity index (χ1v) is 7.88. The number of methoxy groups -OCH3 is 1. The Bertz CT molecular complexity index is 920. The van der Waals surface area contributed by atoms with Crippen LogP contribution in [0.5, 0.6) is 5.75 Å². The molecule has 3 rings (SSSR count). The highest BCUT2D eigenvalue weighted by atomic mass is 35.5. The summed E-state index contributed by atoms with van der Waals surface area (Å²) in [5.74, 6) is -0.117. The molecule has 0 aliphatic heterocycles. The molecule has 0 atom stereocenters. The van der Waals surface area contributed by atoms with E-state index in [1.165, 1.54) is 30.0 Å². The number of ether oxygens (including phenoxy) is 1. The Labute approximate surface area is 149 Å². The van der Waals surface area contributed by atoms with E-state index in [-0.39, 0.29) is 10.7 Å². The number of para-hydroxylation sites is 1. The fourth-order valence-corrected chi connectivity index (χ4v) is 2.90. The van der Waals surface area contributed by atoms with Gasteiger partial charge >= 0.3 is 0 Å². The first-order chi connectivity index (χ1) is 11.9. The van der Waals surface area contributed by atoms with Crippen LogP contribution in [0, 0.1) is 18.6 Å². The molecular formula is C18H16ClF2N3O. The SMILES string of the molecule is COc1ccc(-c2c(C)nn(C)c2Nc2c(F)cccc2Cl)c(F)c1. The maximum atomic E-state index is 14.5. The van der Waals surface area contributed by atoms with Gasteiger partial charge in [-0.3, -0.25) is 4.68 Å². The smallest absolute Gasteiger partial charge is 0.148 e. The van der Waals surface area contributed by atoms with Crippen molar-refractivity contribution in [2.24, 2.45) is 7.05 Å². The lowest BCUT2D eigenvalue weighted by Crippen LogP contribution is -2.03. The van der Waals surface area contributed by atoms with Gasteiger partial charge in [0.2, 0.25) is 0 Å². The van der Waals surface area contributed by atoms with E-state index in [0.717, 1.165) is 0 Å². The van der Waals surface area contributed by atoms with Gasteiger partial charge < -0.3 is 10.1 Å². The first-order valence-electron chi connectivity index (χ1n) is 7.51. The van der Waals surface area contributed by atoms with E-state index in [0.29, 0.717) is 28.4 Å². The van der Waals surface area contributed by atoms with Crippen molar-refractivity contribution in [3.63, 3.8) is 0 Å². The van der Waals surface area contributed by atoms with Crippen LogP contribution in [0.2, 0.25) is 5.02 Å². The number of hydrogen-bond acceptors (Lipinski definition) is 3. The molecule has 0 bridgehead atoms. The molecule has 7 heteroatoms. The molecule has 0 unspecified atom stereocenters. The first kappa shape index (κ1) is 17.2. The fourth-order valence-electron chi connectivity index (χ4n) is 2.69. The maximum absolute atomic E-state index is 14.5. The molecule has 3 aromatic rings. The van der Waals surface area contributed by atoms with Gasteiger partial charge in [0.1, 0.15) is 23.2 Å². The van der Waals surface area contributed by atoms with Crippen LogP contribution < -0.4 is 10.1 Å². The van der Waals surface area contributed by atoms with Crippen molar-refractivity contribution < 1.29 is 13.5 Å². The van der Waals surface area contributed by atoms with Crippen molar-refractivity contribution in [3.8, 4) is 16.9 Å². The standard InChI is InChI=1S/C18H16ClF2N3O/c1-10-16(12-8-7-11(25-3)9-15(12)21)18(24(2)23-10)22-17-13(19)5-4-6-14(17)20/h4-9,22H,1-3H3. The predicted molar refractivity (Wildman–Crippen MR) is 94.6 cm³/mol. The Kier molecular flexibility index (Phi) is 4.63. The number of aromatic nitrogens is 2. The van der Waals surface area contributed by atoms with Crippen LogP contribution >= 0.6 is 11.6 Å². The Morgan fingerprint density at radius 3 is 2.56 bits per heavy atom. The van der Waals surface area contributed by atoms with Gasteiger partial charge in [-0.25, -0.2) is 8.78 Å². The highest BCUT2D eigenvalue weighted by molar-refractivity contribution is 6.33. The number of aryl methyl sites for hydroxylation is 2. The summed E-state index contributed by atoms with van der Waals surface area (Å²) in [6.45, 7) is 1.76. The molecule has 130 valence electrons. The lowest BCUT2D eigenvalue weighted by molar-refractivity contribution is 0.411. The Hall–Kier alpha value is -2.60. The van der Waals surface area contributed by atoms with Crippen LogP contribution in [0.15, 0.2) is 36.4 Å². The summed E-state index contributed by atoms with van der Waals surface area (Å²) in [5, 5.41) is 7.49. The maximum Gasteiger partial charge on any atom is 0.148 e. The van der Waals surface area contributed by atoms with E-state index < -0.39 is 11.6 Å². The number of benzene rings is 2. The minimum atomic E-state index is -0.507. The molecule has 4 nitrogen and oxygen atoms in total. The van der Waals surface area contributed by atoms with Crippen molar-refractivity contribution in [2.45, 2.75) is 6.92 Å². The van der Waals surface area contributed by atoms with E-state index in [2.05, 4.69) is 10.4 Å². The molecule has 0 spiro atoms. The summed E-state index contributed by atoms with van der Waals surface area (Å²) >= 11 is 6.08. The van der Waals surface area contributed by atoms with Gasteiger partial charge in [0.15, 0.2) is 0 Å². The predicted octanol–water partition coefficient (Wildman–Crippen LogP) is 5.08. The van der Waals surface area contributed by atoms with Crippen LogP contribution in [0.1, 0.15) is 5.69 Å². The average molecular weight is 364 g/mol. The second kappa shape index (κ2) is 6.72. The van der Waals surface area contributed by atoms with Crippen LogP contribution in [-0.4, -0.2) is 16.9 Å². The van der Waals surface area contributed by atoms with Crippen LogP contribution in [0.25, 0.3) is 11.1 Å². The summed E-state index contributed by atoms with van der Waals surface area (Å²) in [4.78, 5) is 0. The molecule has 0 radical (unpaired) electrons. The van der Waals surface area contributed by atoms with Gasteiger partial charge in [0.25, 0.3) is 0 Å². The molecule has 0 fully saturated rings. The van der Waals surface area contributed by atoms with Gasteiger partial charge in [0.05, 0.1) is 29.1 Å². The normalized spacial score (nSPS) is 10.8. The van der Waals surface area contributed by atoms with Crippen LogP contribution in [0.3, 0.4) is 0 Å². The van der Waals surface area contributed by atoms with Gasteiger partial charge in [0, 0.05) is 18.7 Å². The van der Waals surface area contributed by atoms with Gasteiger partial charge in [-0.05, 0) is 31.2 Å². The number of hydrogen-bond donors (Lipinski definition) is 1. The zero-order valence-electron chi connectivity index (χ0n) is 13.9. The second-order valence-corrected chi connectivity index (χ2v) is 5.91. The zero-order valence-corrected chi connectivity index (χ0v) is 14.7. The van der Waals surface area contributed by atoms with E-state index in [1.54, 1.807) is 32.2 Å². The highest BCUT2D eigenvalue weighted by Gasteiger charge is 2.20. The number of rotatable bonds is 4. The number of halogens is 3. The van der Waals surface area contributed by atoms with Gasteiger partial charge in [-0.1, -0.05) is 17.7 Å². The minimum Gasteiger partial charge on any atom is -0.497 e. The third-order valence-corrected chi connectivity index (χ3v) is 4.19. The molecule has 0 aliphatic carbocycles. The molecule has 0 aliphatic rings. The van der Waals surface area contributed by atoms with Crippen molar-refractivity contribution in [1.82, 2.24) is 9.78 Å². The summed E-state index contributed by atoms with van der Waals surface area (Å²) in [6, 6.07) is 8.94. The molecule has 0 saturated heterocycles. The summed E-state index contributed by atoms with van der Waals surface area (Å²) in [7, 11) is 3.16. The second-order valence-electron chi connectivity index (χ2n) is 5.50. The van der Waals surface area contributed by atoms with Crippen LogP contribution in [0.4, 0.5) is 20.3 Å². The summed E-state index contributed by atoms with van der Waals surface area (Å²) in [5.41, 5.74) is 1.58. The summed E-state index contributed by atoms with van der Waals surface area (Å²) < 4.78 is 35.2. The lowest BCUT2D eigenvalue weighted by atomic mass is 10.0. The van der Waals surface area contributed by atoms with Gasteiger partial charge in [-0.15, -0.1) is 0 Å². The topological polar surface area (TPSA) is 39.1 Å². The van der Waals surface area contributed by atoms with Gasteiger partial charge in [-0.2, -0.15) is 5.10 Å². The molecule has 1 aromatic heterocycles. The third kappa shape index (κ3) is 3.17. The van der Waals surface area contributed by atoms with Crippen molar-refractivity contribution >= 4 is 23.1 Å². The van der Waals surface area contributed by atoms with E-state index >= 15 is 0 Å². The Morgan fingerprint density at radius 2 is 1.92 bits per heavy atom. The van der Waals surface area contributed by atoms with Crippen LogP contribution in [-0.2, 0) is 7.05 Å². The number of nitrogens with zero attached hydrogens (tertiary/aromatic N) is 2. The molecule has 0 saturated carbocycles. The highest BCUT2D eigenvalue weighted by Crippen LogP contribution is 2.37. The molecule has 2 aromatic carbocycles. The Balaban J connectivity index is 2.14. The molecule has 1 heterocycles. The summed E-state index contributed by atoms with van der Waals surface area (Å²) in [6.07, 6.45) is 0. The largest absolute Gasteiger partial charge is 0.497 e. The molecule has 25 heavy (non-hydrogen) atoms. The van der Waals surface area contributed by atoms with E-state index in [4.69, 9.17) is 16.3 Å². The third-order valence-electron chi connectivity index (χ3n) is 3.87. The number of anilines is 2. The monoisotopic (exact) mass is 363 g/mol. The number of nitrogens with one attached hydrogen (secondary N) is 1. The molecule has 1 N–H and O–H groups in total. The van der Waals surface area contributed by atoms with Crippen molar-refractivity contribution in [3.05, 3.63) is 58.7 Å². The van der Waals surface area contributed by atoms with Crippen molar-refractivity contribution in [2.75, 3.05) is 12.4 Å².